The SMILES string of the molecule is O=C(O)C1(Nc2nc3ccccc3s2)CCC1. The third-order valence-corrected chi connectivity index (χ3v) is 4.21. The van der Waals surface area contributed by atoms with E-state index in [4.69, 9.17) is 0 Å². The summed E-state index contributed by atoms with van der Waals surface area (Å²) >= 11 is 1.51. The third-order valence-electron chi connectivity index (χ3n) is 3.26. The Morgan fingerprint density at radius 3 is 2.76 bits per heavy atom. The normalized spacial score (nSPS) is 17.6. The van der Waals surface area contributed by atoms with Gasteiger partial charge < -0.3 is 10.4 Å². The van der Waals surface area contributed by atoms with Crippen LogP contribution >= 0.6 is 11.3 Å². The number of carbonyl (C=O) groups is 1. The highest BCUT2D eigenvalue weighted by Gasteiger charge is 2.45. The number of thiazole rings is 1. The fraction of sp³-hybridized carbons (Fsp3) is 0.333. The van der Waals surface area contributed by atoms with Gasteiger partial charge in [0.25, 0.3) is 0 Å². The summed E-state index contributed by atoms with van der Waals surface area (Å²) in [5.41, 5.74) is 0.133. The number of aliphatic carboxylic acids is 1. The van der Waals surface area contributed by atoms with Gasteiger partial charge in [0.15, 0.2) is 5.13 Å². The summed E-state index contributed by atoms with van der Waals surface area (Å²) in [5.74, 6) is -0.775. The second kappa shape index (κ2) is 3.70. The smallest absolute Gasteiger partial charge is 0.329 e. The van der Waals surface area contributed by atoms with Crippen molar-refractivity contribution in [3.8, 4) is 0 Å². The van der Waals surface area contributed by atoms with Crippen molar-refractivity contribution in [3.63, 3.8) is 0 Å². The molecule has 3 rings (SSSR count). The molecular weight excluding hydrogens is 236 g/mol. The number of aromatic nitrogens is 1. The summed E-state index contributed by atoms with van der Waals surface area (Å²) in [7, 11) is 0. The van der Waals surface area contributed by atoms with Gasteiger partial charge in [0.1, 0.15) is 5.54 Å². The zero-order chi connectivity index (χ0) is 11.9. The number of benzene rings is 1. The Balaban J connectivity index is 1.92. The lowest BCUT2D eigenvalue weighted by Gasteiger charge is -2.38. The molecule has 0 bridgehead atoms. The van der Waals surface area contributed by atoms with Crippen LogP contribution in [0.1, 0.15) is 19.3 Å². The Morgan fingerprint density at radius 1 is 1.41 bits per heavy atom. The van der Waals surface area contributed by atoms with Gasteiger partial charge in [-0.2, -0.15) is 0 Å². The summed E-state index contributed by atoms with van der Waals surface area (Å²) < 4.78 is 1.08. The highest BCUT2D eigenvalue weighted by Crippen LogP contribution is 2.37. The summed E-state index contributed by atoms with van der Waals surface area (Å²) in [4.78, 5) is 15.6. The number of carboxylic acid groups (broad SMARTS) is 1. The minimum atomic E-state index is -0.784. The molecule has 0 radical (unpaired) electrons. The molecule has 2 aromatic rings. The van der Waals surface area contributed by atoms with Gasteiger partial charge in [-0.25, -0.2) is 9.78 Å². The van der Waals surface area contributed by atoms with Crippen LogP contribution in [0.15, 0.2) is 24.3 Å². The summed E-state index contributed by atoms with van der Waals surface area (Å²) in [6.07, 6.45) is 2.32. The molecule has 4 nitrogen and oxygen atoms in total. The molecule has 0 spiro atoms. The average Bonchev–Trinajstić information content (AvgIpc) is 2.65. The van der Waals surface area contributed by atoms with Crippen LogP contribution in [-0.2, 0) is 4.79 Å². The van der Waals surface area contributed by atoms with Crippen LogP contribution < -0.4 is 5.32 Å². The molecular formula is C12H12N2O2S. The van der Waals surface area contributed by atoms with E-state index in [1.54, 1.807) is 0 Å². The first-order valence-corrected chi connectivity index (χ1v) is 6.38. The maximum atomic E-state index is 11.2. The number of nitrogens with zero attached hydrogens (tertiary/aromatic N) is 1. The van der Waals surface area contributed by atoms with E-state index in [9.17, 15) is 9.90 Å². The molecule has 0 atom stereocenters. The largest absolute Gasteiger partial charge is 0.480 e. The fourth-order valence-corrected chi connectivity index (χ4v) is 3.02. The van der Waals surface area contributed by atoms with Gasteiger partial charge in [-0.3, -0.25) is 0 Å². The highest BCUT2D eigenvalue weighted by molar-refractivity contribution is 7.22. The Morgan fingerprint density at radius 2 is 2.18 bits per heavy atom. The van der Waals surface area contributed by atoms with E-state index < -0.39 is 11.5 Å². The van der Waals surface area contributed by atoms with Crippen molar-refractivity contribution in [2.45, 2.75) is 24.8 Å². The molecule has 0 aliphatic heterocycles. The maximum Gasteiger partial charge on any atom is 0.329 e. The number of anilines is 1. The first-order valence-electron chi connectivity index (χ1n) is 5.57. The van der Waals surface area contributed by atoms with Gasteiger partial charge in [-0.1, -0.05) is 23.5 Å². The van der Waals surface area contributed by atoms with Gasteiger partial charge in [-0.15, -0.1) is 0 Å². The van der Waals surface area contributed by atoms with Crippen LogP contribution in [-0.4, -0.2) is 21.6 Å². The standard InChI is InChI=1S/C12H12N2O2S/c15-10(16)12(6-3-7-12)14-11-13-8-4-1-2-5-9(8)17-11/h1-2,4-5H,3,6-7H2,(H,13,14)(H,15,16). The van der Waals surface area contributed by atoms with Crippen LogP contribution in [0.2, 0.25) is 0 Å². The lowest BCUT2D eigenvalue weighted by Crippen LogP contribution is -2.52. The van der Waals surface area contributed by atoms with Crippen molar-refractivity contribution >= 4 is 32.7 Å². The molecule has 1 aliphatic rings. The average molecular weight is 248 g/mol. The molecule has 1 fully saturated rings. The Hall–Kier alpha value is -1.62. The molecule has 17 heavy (non-hydrogen) atoms. The van der Waals surface area contributed by atoms with Crippen LogP contribution in [0.3, 0.4) is 0 Å². The van der Waals surface area contributed by atoms with Gasteiger partial charge in [0.2, 0.25) is 0 Å². The Labute approximate surface area is 102 Å². The topological polar surface area (TPSA) is 62.2 Å². The van der Waals surface area contributed by atoms with E-state index in [0.717, 1.165) is 16.6 Å². The molecule has 1 saturated carbocycles. The first kappa shape index (κ1) is 10.5. The number of fused-ring (bicyclic) bond motifs is 1. The Bertz CT molecular complexity index is 542. The van der Waals surface area contributed by atoms with E-state index in [-0.39, 0.29) is 0 Å². The fourth-order valence-electron chi connectivity index (χ4n) is 2.05. The lowest BCUT2D eigenvalue weighted by atomic mass is 9.77. The Kier molecular flexibility index (Phi) is 2.29. The summed E-state index contributed by atoms with van der Waals surface area (Å²) in [6.45, 7) is 0. The predicted molar refractivity (Wildman–Crippen MR) is 67.5 cm³/mol. The van der Waals surface area contributed by atoms with Crippen molar-refractivity contribution in [2.24, 2.45) is 0 Å². The maximum absolute atomic E-state index is 11.2. The minimum absolute atomic E-state index is 0.679. The van der Waals surface area contributed by atoms with Crippen LogP contribution in [0, 0.1) is 0 Å². The van der Waals surface area contributed by atoms with E-state index in [2.05, 4.69) is 10.3 Å². The minimum Gasteiger partial charge on any atom is -0.480 e. The molecule has 1 heterocycles. The predicted octanol–water partition coefficient (Wildman–Crippen LogP) is 2.72. The lowest BCUT2D eigenvalue weighted by molar-refractivity contribution is -0.145. The van der Waals surface area contributed by atoms with Gasteiger partial charge in [0.05, 0.1) is 10.2 Å². The summed E-state index contributed by atoms with van der Waals surface area (Å²) in [5, 5.41) is 13.0. The molecule has 1 aromatic carbocycles. The van der Waals surface area contributed by atoms with Crippen LogP contribution in [0.5, 0.6) is 0 Å². The summed E-state index contributed by atoms with van der Waals surface area (Å²) in [6, 6.07) is 7.82. The zero-order valence-corrected chi connectivity index (χ0v) is 9.96. The third kappa shape index (κ3) is 1.67. The van der Waals surface area contributed by atoms with Crippen LogP contribution in [0.4, 0.5) is 5.13 Å². The van der Waals surface area contributed by atoms with Crippen molar-refractivity contribution in [1.29, 1.82) is 0 Å². The van der Waals surface area contributed by atoms with E-state index in [1.807, 2.05) is 24.3 Å². The van der Waals surface area contributed by atoms with Crippen molar-refractivity contribution < 1.29 is 9.90 Å². The van der Waals surface area contributed by atoms with Crippen molar-refractivity contribution in [2.75, 3.05) is 5.32 Å². The number of nitrogens with one attached hydrogen (secondary N) is 1. The van der Waals surface area contributed by atoms with E-state index in [1.165, 1.54) is 11.3 Å². The number of rotatable bonds is 3. The zero-order valence-electron chi connectivity index (χ0n) is 9.14. The molecule has 0 saturated heterocycles. The quantitative estimate of drug-likeness (QED) is 0.876. The number of hydrogen-bond donors (Lipinski definition) is 2. The molecule has 5 heteroatoms. The molecule has 2 N–H and O–H groups in total. The first-order chi connectivity index (χ1) is 8.20. The van der Waals surface area contributed by atoms with Gasteiger partial charge >= 0.3 is 5.97 Å². The van der Waals surface area contributed by atoms with E-state index in [0.29, 0.717) is 18.0 Å². The molecule has 88 valence electrons. The van der Waals surface area contributed by atoms with Gasteiger partial charge in [-0.05, 0) is 31.4 Å². The number of carboxylic acids is 1. The van der Waals surface area contributed by atoms with Gasteiger partial charge in [0, 0.05) is 0 Å². The van der Waals surface area contributed by atoms with Crippen molar-refractivity contribution in [3.05, 3.63) is 24.3 Å². The molecule has 1 aliphatic carbocycles. The number of para-hydroxylation sites is 1. The van der Waals surface area contributed by atoms with Crippen LogP contribution in [0.25, 0.3) is 10.2 Å². The molecule has 1 aromatic heterocycles. The van der Waals surface area contributed by atoms with E-state index >= 15 is 0 Å². The highest BCUT2D eigenvalue weighted by atomic mass is 32.1. The number of hydrogen-bond acceptors (Lipinski definition) is 4. The molecule has 0 amide bonds. The molecule has 0 unspecified atom stereocenters. The second-order valence-corrected chi connectivity index (χ2v) is 5.38. The second-order valence-electron chi connectivity index (χ2n) is 4.35. The van der Waals surface area contributed by atoms with Crippen molar-refractivity contribution in [1.82, 2.24) is 4.98 Å². The monoisotopic (exact) mass is 248 g/mol.